The summed E-state index contributed by atoms with van der Waals surface area (Å²) in [5.74, 6) is 1.93. The number of amides is 2. The van der Waals surface area contributed by atoms with Crippen molar-refractivity contribution in [2.45, 2.75) is 32.5 Å². The number of rotatable bonds is 7. The van der Waals surface area contributed by atoms with E-state index in [1.54, 1.807) is 7.11 Å². The maximum absolute atomic E-state index is 12.6. The van der Waals surface area contributed by atoms with E-state index >= 15 is 0 Å². The minimum absolute atomic E-state index is 0.103. The van der Waals surface area contributed by atoms with E-state index in [4.69, 9.17) is 14.2 Å². The van der Waals surface area contributed by atoms with Gasteiger partial charge >= 0.3 is 0 Å². The van der Waals surface area contributed by atoms with Gasteiger partial charge in [-0.2, -0.15) is 0 Å². The molecule has 2 aliphatic rings. The molecular weight excluding hydrogens is 398 g/mol. The first-order valence-electron chi connectivity index (χ1n) is 10.3. The molecule has 0 spiro atoms. The van der Waals surface area contributed by atoms with E-state index < -0.39 is 6.04 Å². The molecule has 1 saturated heterocycles. The number of methoxy groups -OCH3 is 1. The fourth-order valence-electron chi connectivity index (χ4n) is 3.95. The van der Waals surface area contributed by atoms with Crippen LogP contribution >= 0.6 is 0 Å². The first kappa shape index (κ1) is 21.0. The van der Waals surface area contributed by atoms with Gasteiger partial charge in [0.1, 0.15) is 5.75 Å². The van der Waals surface area contributed by atoms with E-state index in [0.29, 0.717) is 37.7 Å². The summed E-state index contributed by atoms with van der Waals surface area (Å²) in [5, 5.41) is 5.78. The average molecular weight is 425 g/mol. The summed E-state index contributed by atoms with van der Waals surface area (Å²) in [4.78, 5) is 27.2. The monoisotopic (exact) mass is 425 g/mol. The van der Waals surface area contributed by atoms with Crippen LogP contribution in [0.15, 0.2) is 36.4 Å². The van der Waals surface area contributed by atoms with E-state index in [9.17, 15) is 9.59 Å². The molecule has 2 amide bonds. The van der Waals surface area contributed by atoms with E-state index in [-0.39, 0.29) is 25.0 Å². The minimum Gasteiger partial charge on any atom is -0.496 e. The minimum atomic E-state index is -0.507. The van der Waals surface area contributed by atoms with Crippen LogP contribution in [0.25, 0.3) is 0 Å². The fraction of sp³-hybridized carbons (Fsp3) is 0.391. The fourth-order valence-corrected chi connectivity index (χ4v) is 3.95. The summed E-state index contributed by atoms with van der Waals surface area (Å²) >= 11 is 0. The molecule has 8 nitrogen and oxygen atoms in total. The van der Waals surface area contributed by atoms with Crippen molar-refractivity contribution >= 4 is 11.8 Å². The Balaban J connectivity index is 1.37. The summed E-state index contributed by atoms with van der Waals surface area (Å²) in [6.45, 7) is 4.43. The molecule has 0 saturated carbocycles. The third-order valence-electron chi connectivity index (χ3n) is 5.59. The molecule has 2 aromatic carbocycles. The van der Waals surface area contributed by atoms with Gasteiger partial charge in [0.05, 0.1) is 19.6 Å². The van der Waals surface area contributed by atoms with Crippen LogP contribution in [0.1, 0.15) is 23.1 Å². The van der Waals surface area contributed by atoms with Gasteiger partial charge in [0.15, 0.2) is 11.5 Å². The van der Waals surface area contributed by atoms with Gasteiger partial charge in [-0.25, -0.2) is 0 Å². The Morgan fingerprint density at radius 3 is 2.81 bits per heavy atom. The molecule has 2 heterocycles. The molecule has 1 fully saturated rings. The van der Waals surface area contributed by atoms with E-state index in [1.165, 1.54) is 0 Å². The number of hydrogen-bond acceptors (Lipinski definition) is 6. The highest BCUT2D eigenvalue weighted by Gasteiger charge is 2.31. The summed E-state index contributed by atoms with van der Waals surface area (Å²) in [6.07, 6.45) is 0.103. The molecule has 0 bridgehead atoms. The average Bonchev–Trinajstić information content (AvgIpc) is 3.23. The molecule has 2 N–H and O–H groups in total. The zero-order valence-electron chi connectivity index (χ0n) is 17.8. The van der Waals surface area contributed by atoms with Crippen LogP contribution in [-0.4, -0.2) is 49.7 Å². The van der Waals surface area contributed by atoms with Gasteiger partial charge in [-0.15, -0.1) is 0 Å². The van der Waals surface area contributed by atoms with E-state index in [1.807, 2.05) is 37.3 Å². The van der Waals surface area contributed by atoms with Crippen LogP contribution in [0, 0.1) is 6.92 Å². The predicted molar refractivity (Wildman–Crippen MR) is 114 cm³/mol. The maximum atomic E-state index is 12.6. The van der Waals surface area contributed by atoms with Crippen molar-refractivity contribution in [1.29, 1.82) is 0 Å². The SMILES string of the molecule is COc1ccc(CN2CCNC(=O)C2CC(=O)NCc2ccc3c(c2)OCO3)cc1C. The van der Waals surface area contributed by atoms with Crippen LogP contribution in [0.4, 0.5) is 0 Å². The molecule has 8 heteroatoms. The van der Waals surface area contributed by atoms with Crippen molar-refractivity contribution in [3.8, 4) is 17.2 Å². The zero-order chi connectivity index (χ0) is 21.8. The Morgan fingerprint density at radius 2 is 2.00 bits per heavy atom. The highest BCUT2D eigenvalue weighted by atomic mass is 16.7. The topological polar surface area (TPSA) is 89.1 Å². The van der Waals surface area contributed by atoms with Crippen molar-refractivity contribution in [3.63, 3.8) is 0 Å². The molecule has 0 aromatic heterocycles. The molecule has 0 aliphatic carbocycles. The number of nitrogens with zero attached hydrogens (tertiary/aromatic N) is 1. The van der Waals surface area contributed by atoms with Gasteiger partial charge in [0, 0.05) is 26.2 Å². The van der Waals surface area contributed by atoms with Gasteiger partial charge < -0.3 is 24.8 Å². The molecule has 164 valence electrons. The number of nitrogens with one attached hydrogen (secondary N) is 2. The van der Waals surface area contributed by atoms with Crippen molar-refractivity contribution in [2.24, 2.45) is 0 Å². The van der Waals surface area contributed by atoms with E-state index in [0.717, 1.165) is 22.4 Å². The van der Waals surface area contributed by atoms with Crippen LogP contribution in [0.3, 0.4) is 0 Å². The Hall–Kier alpha value is -3.26. The molecule has 2 aromatic rings. The normalized spacial score (nSPS) is 17.9. The second-order valence-electron chi connectivity index (χ2n) is 7.75. The van der Waals surface area contributed by atoms with Gasteiger partial charge in [0.2, 0.25) is 18.6 Å². The second-order valence-corrected chi connectivity index (χ2v) is 7.75. The van der Waals surface area contributed by atoms with Gasteiger partial charge in [0.25, 0.3) is 0 Å². The third-order valence-corrected chi connectivity index (χ3v) is 5.59. The number of aryl methyl sites for hydroxylation is 1. The lowest BCUT2D eigenvalue weighted by Crippen LogP contribution is -2.56. The number of ether oxygens (including phenoxy) is 3. The lowest BCUT2D eigenvalue weighted by atomic mass is 10.0. The Bertz CT molecular complexity index is 978. The molecular formula is C23H27N3O5. The van der Waals surface area contributed by atoms with Crippen molar-refractivity contribution in [2.75, 3.05) is 27.0 Å². The first-order chi connectivity index (χ1) is 15.0. The summed E-state index contributed by atoms with van der Waals surface area (Å²) in [7, 11) is 1.65. The van der Waals surface area contributed by atoms with Crippen molar-refractivity contribution < 1.29 is 23.8 Å². The zero-order valence-corrected chi connectivity index (χ0v) is 17.8. The number of carbonyl (C=O) groups is 2. The summed E-state index contributed by atoms with van der Waals surface area (Å²) in [5.41, 5.74) is 3.04. The lowest BCUT2D eigenvalue weighted by Gasteiger charge is -2.34. The highest BCUT2D eigenvalue weighted by Crippen LogP contribution is 2.32. The number of piperazine rings is 1. The van der Waals surface area contributed by atoms with Crippen LogP contribution in [0.2, 0.25) is 0 Å². The Labute approximate surface area is 181 Å². The standard InChI is InChI=1S/C23H27N3O5/c1-15-9-17(4-5-19(15)29-2)13-26-8-7-24-23(28)18(26)11-22(27)25-12-16-3-6-20-21(10-16)31-14-30-20/h3-6,9-10,18H,7-8,11-14H2,1-2H3,(H,24,28)(H,25,27). The second kappa shape index (κ2) is 9.26. The summed E-state index contributed by atoms with van der Waals surface area (Å²) < 4.78 is 16.0. The number of fused-ring (bicyclic) bond motifs is 1. The lowest BCUT2D eigenvalue weighted by molar-refractivity contribution is -0.134. The smallest absolute Gasteiger partial charge is 0.237 e. The quantitative estimate of drug-likeness (QED) is 0.703. The first-order valence-corrected chi connectivity index (χ1v) is 10.3. The van der Waals surface area contributed by atoms with E-state index in [2.05, 4.69) is 21.6 Å². The predicted octanol–water partition coefficient (Wildman–Crippen LogP) is 1.74. The molecule has 4 rings (SSSR count). The van der Waals surface area contributed by atoms with Crippen molar-refractivity contribution in [3.05, 3.63) is 53.1 Å². The Kier molecular flexibility index (Phi) is 6.27. The van der Waals surface area contributed by atoms with Gasteiger partial charge in [-0.1, -0.05) is 18.2 Å². The van der Waals surface area contributed by atoms with Crippen LogP contribution in [0.5, 0.6) is 17.2 Å². The number of hydrogen-bond donors (Lipinski definition) is 2. The van der Waals surface area contributed by atoms with Crippen LogP contribution in [-0.2, 0) is 22.7 Å². The van der Waals surface area contributed by atoms with Crippen LogP contribution < -0.4 is 24.8 Å². The number of carbonyl (C=O) groups excluding carboxylic acids is 2. The van der Waals surface area contributed by atoms with Gasteiger partial charge in [-0.05, 0) is 41.8 Å². The Morgan fingerprint density at radius 1 is 1.19 bits per heavy atom. The third kappa shape index (κ3) is 4.91. The molecule has 1 unspecified atom stereocenters. The molecule has 0 radical (unpaired) electrons. The molecule has 31 heavy (non-hydrogen) atoms. The number of benzene rings is 2. The molecule has 2 aliphatic heterocycles. The molecule has 1 atom stereocenters. The van der Waals surface area contributed by atoms with Gasteiger partial charge in [-0.3, -0.25) is 14.5 Å². The highest BCUT2D eigenvalue weighted by molar-refractivity contribution is 5.88. The van der Waals surface area contributed by atoms with Crippen molar-refractivity contribution in [1.82, 2.24) is 15.5 Å². The maximum Gasteiger partial charge on any atom is 0.237 e. The largest absolute Gasteiger partial charge is 0.496 e. The summed E-state index contributed by atoms with van der Waals surface area (Å²) in [6, 6.07) is 11.1.